The van der Waals surface area contributed by atoms with E-state index in [4.69, 9.17) is 11.6 Å². The van der Waals surface area contributed by atoms with Gasteiger partial charge < -0.3 is 0 Å². The molecule has 0 amide bonds. The van der Waals surface area contributed by atoms with Crippen molar-refractivity contribution < 1.29 is 0 Å². The van der Waals surface area contributed by atoms with Crippen molar-refractivity contribution in [2.75, 3.05) is 0 Å². The van der Waals surface area contributed by atoms with E-state index >= 15 is 0 Å². The standard InChI is InChI=1S/C12H12ClN/c1-8-4-3-5-10(6-8)11-7-9(2)14-12(11)13/h3-6H,7H2,1-2H3. The van der Waals surface area contributed by atoms with Crippen LogP contribution in [-0.4, -0.2) is 5.71 Å². The lowest BCUT2D eigenvalue weighted by molar-refractivity contribution is 1.41. The summed E-state index contributed by atoms with van der Waals surface area (Å²) in [6.45, 7) is 4.09. The Morgan fingerprint density at radius 3 is 2.64 bits per heavy atom. The topological polar surface area (TPSA) is 12.4 Å². The van der Waals surface area contributed by atoms with Crippen molar-refractivity contribution in [1.82, 2.24) is 0 Å². The highest BCUT2D eigenvalue weighted by molar-refractivity contribution is 6.34. The van der Waals surface area contributed by atoms with E-state index in [2.05, 4.69) is 36.2 Å². The molecular weight excluding hydrogens is 194 g/mol. The summed E-state index contributed by atoms with van der Waals surface area (Å²) in [6.07, 6.45) is 0.877. The molecular formula is C12H12ClN. The first-order chi connectivity index (χ1) is 6.66. The van der Waals surface area contributed by atoms with Crippen molar-refractivity contribution in [3.8, 4) is 0 Å². The van der Waals surface area contributed by atoms with Crippen LogP contribution in [-0.2, 0) is 0 Å². The van der Waals surface area contributed by atoms with E-state index in [1.807, 2.05) is 6.92 Å². The number of halogens is 1. The molecule has 0 bridgehead atoms. The molecule has 0 fully saturated rings. The molecule has 0 spiro atoms. The Morgan fingerprint density at radius 2 is 2.07 bits per heavy atom. The Bertz CT molecular complexity index is 430. The third-order valence-electron chi connectivity index (χ3n) is 2.34. The van der Waals surface area contributed by atoms with E-state index in [-0.39, 0.29) is 0 Å². The third-order valence-corrected chi connectivity index (χ3v) is 2.65. The number of aryl methyl sites for hydroxylation is 1. The summed E-state index contributed by atoms with van der Waals surface area (Å²) in [4.78, 5) is 4.24. The van der Waals surface area contributed by atoms with Gasteiger partial charge in [-0.25, -0.2) is 4.99 Å². The minimum atomic E-state index is 0.646. The molecule has 1 aromatic rings. The van der Waals surface area contributed by atoms with Crippen molar-refractivity contribution in [2.24, 2.45) is 4.99 Å². The number of nitrogens with zero attached hydrogens (tertiary/aromatic N) is 1. The number of hydrogen-bond donors (Lipinski definition) is 0. The van der Waals surface area contributed by atoms with E-state index < -0.39 is 0 Å². The van der Waals surface area contributed by atoms with Gasteiger partial charge in [0.15, 0.2) is 0 Å². The summed E-state index contributed by atoms with van der Waals surface area (Å²) in [5.41, 5.74) is 4.68. The van der Waals surface area contributed by atoms with Crippen LogP contribution in [0.25, 0.3) is 5.57 Å². The molecule has 1 heterocycles. The summed E-state index contributed by atoms with van der Waals surface area (Å²) in [5.74, 6) is 0. The molecule has 0 aliphatic carbocycles. The van der Waals surface area contributed by atoms with Crippen LogP contribution >= 0.6 is 11.6 Å². The van der Waals surface area contributed by atoms with Crippen molar-refractivity contribution in [3.05, 3.63) is 40.5 Å². The summed E-state index contributed by atoms with van der Waals surface area (Å²) < 4.78 is 0. The molecule has 0 saturated heterocycles. The summed E-state index contributed by atoms with van der Waals surface area (Å²) in [5, 5.41) is 0.646. The highest BCUT2D eigenvalue weighted by Crippen LogP contribution is 2.31. The minimum Gasteiger partial charge on any atom is -0.245 e. The molecule has 0 saturated carbocycles. The molecule has 1 aliphatic rings. The largest absolute Gasteiger partial charge is 0.245 e. The first-order valence-corrected chi connectivity index (χ1v) is 5.04. The monoisotopic (exact) mass is 205 g/mol. The second-order valence-electron chi connectivity index (χ2n) is 3.66. The molecule has 0 N–H and O–H groups in total. The van der Waals surface area contributed by atoms with Crippen molar-refractivity contribution in [1.29, 1.82) is 0 Å². The van der Waals surface area contributed by atoms with Crippen molar-refractivity contribution in [3.63, 3.8) is 0 Å². The Labute approximate surface area is 89.1 Å². The average molecular weight is 206 g/mol. The van der Waals surface area contributed by atoms with Crippen LogP contribution in [0.5, 0.6) is 0 Å². The van der Waals surface area contributed by atoms with Gasteiger partial charge >= 0.3 is 0 Å². The second-order valence-corrected chi connectivity index (χ2v) is 4.02. The Balaban J connectivity index is 2.39. The van der Waals surface area contributed by atoms with Crippen molar-refractivity contribution >= 4 is 22.9 Å². The van der Waals surface area contributed by atoms with Gasteiger partial charge in [0, 0.05) is 17.7 Å². The van der Waals surface area contributed by atoms with Crippen LogP contribution in [0.15, 0.2) is 34.4 Å². The molecule has 1 nitrogen and oxygen atoms in total. The maximum absolute atomic E-state index is 6.05. The molecule has 72 valence electrons. The minimum absolute atomic E-state index is 0.646. The highest BCUT2D eigenvalue weighted by Gasteiger charge is 2.14. The fourth-order valence-electron chi connectivity index (χ4n) is 1.66. The Morgan fingerprint density at radius 1 is 1.29 bits per heavy atom. The normalized spacial score (nSPS) is 16.1. The SMILES string of the molecule is CC1=NC(Cl)=C(c2cccc(C)c2)C1. The highest BCUT2D eigenvalue weighted by atomic mass is 35.5. The fourth-order valence-corrected chi connectivity index (χ4v) is 1.98. The number of benzene rings is 1. The summed E-state index contributed by atoms with van der Waals surface area (Å²) in [7, 11) is 0. The lowest BCUT2D eigenvalue weighted by atomic mass is 10.0. The zero-order chi connectivity index (χ0) is 10.1. The van der Waals surface area contributed by atoms with Crippen molar-refractivity contribution in [2.45, 2.75) is 20.3 Å². The second kappa shape index (κ2) is 3.58. The molecule has 2 rings (SSSR count). The van der Waals surface area contributed by atoms with Gasteiger partial charge in [0.1, 0.15) is 5.16 Å². The van der Waals surface area contributed by atoms with Crippen LogP contribution in [0, 0.1) is 6.92 Å². The zero-order valence-corrected chi connectivity index (χ0v) is 9.10. The number of aliphatic imine (C=N–C) groups is 1. The van der Waals surface area contributed by atoms with E-state index in [0.717, 1.165) is 17.7 Å². The van der Waals surface area contributed by atoms with Crippen LogP contribution in [0.3, 0.4) is 0 Å². The van der Waals surface area contributed by atoms with Crippen LogP contribution in [0.2, 0.25) is 0 Å². The maximum atomic E-state index is 6.05. The van der Waals surface area contributed by atoms with Crippen LogP contribution < -0.4 is 0 Å². The molecule has 0 atom stereocenters. The molecule has 0 aromatic heterocycles. The van der Waals surface area contributed by atoms with Gasteiger partial charge in [-0.1, -0.05) is 41.4 Å². The predicted molar refractivity (Wildman–Crippen MR) is 61.7 cm³/mol. The van der Waals surface area contributed by atoms with Gasteiger partial charge in [-0.2, -0.15) is 0 Å². The van der Waals surface area contributed by atoms with E-state index in [9.17, 15) is 0 Å². The van der Waals surface area contributed by atoms with Crippen LogP contribution in [0.4, 0.5) is 0 Å². The Kier molecular flexibility index (Phi) is 2.42. The lowest BCUT2D eigenvalue weighted by Gasteiger charge is -2.03. The number of rotatable bonds is 1. The van der Waals surface area contributed by atoms with Gasteiger partial charge in [-0.15, -0.1) is 0 Å². The molecule has 0 radical (unpaired) electrons. The van der Waals surface area contributed by atoms with E-state index in [1.54, 1.807) is 0 Å². The number of allylic oxidation sites excluding steroid dienone is 1. The van der Waals surface area contributed by atoms with Gasteiger partial charge in [0.05, 0.1) is 0 Å². The summed E-state index contributed by atoms with van der Waals surface area (Å²) in [6, 6.07) is 8.36. The molecule has 14 heavy (non-hydrogen) atoms. The van der Waals surface area contributed by atoms with E-state index in [0.29, 0.717) is 5.16 Å². The zero-order valence-electron chi connectivity index (χ0n) is 8.34. The van der Waals surface area contributed by atoms with Crippen LogP contribution in [0.1, 0.15) is 24.5 Å². The molecule has 0 unspecified atom stereocenters. The van der Waals surface area contributed by atoms with E-state index in [1.165, 1.54) is 11.1 Å². The lowest BCUT2D eigenvalue weighted by Crippen LogP contribution is -1.88. The first-order valence-electron chi connectivity index (χ1n) is 4.66. The smallest absolute Gasteiger partial charge is 0.133 e. The van der Waals surface area contributed by atoms with Gasteiger partial charge in [-0.05, 0) is 19.4 Å². The quantitative estimate of drug-likeness (QED) is 0.619. The number of hydrogen-bond acceptors (Lipinski definition) is 1. The molecule has 2 heteroatoms. The fraction of sp³-hybridized carbons (Fsp3) is 0.250. The van der Waals surface area contributed by atoms with Gasteiger partial charge in [-0.3, -0.25) is 0 Å². The van der Waals surface area contributed by atoms with Gasteiger partial charge in [0.2, 0.25) is 0 Å². The van der Waals surface area contributed by atoms with Gasteiger partial charge in [0.25, 0.3) is 0 Å². The predicted octanol–water partition coefficient (Wildman–Crippen LogP) is 3.77. The molecule has 1 aromatic carbocycles. The summed E-state index contributed by atoms with van der Waals surface area (Å²) >= 11 is 6.05. The Hall–Kier alpha value is -1.08. The maximum Gasteiger partial charge on any atom is 0.133 e. The first kappa shape index (κ1) is 9.47. The molecule has 1 aliphatic heterocycles. The third kappa shape index (κ3) is 1.73. The average Bonchev–Trinajstić information content (AvgIpc) is 2.45.